The van der Waals surface area contributed by atoms with Gasteiger partial charge in [0.1, 0.15) is 11.5 Å². The molecule has 0 amide bonds. The van der Waals surface area contributed by atoms with Gasteiger partial charge in [0, 0.05) is 74.7 Å². The molecule has 0 spiro atoms. The summed E-state index contributed by atoms with van der Waals surface area (Å²) in [6.45, 7) is 0. The Morgan fingerprint density at radius 3 is 1.25 bits per heavy atom. The maximum absolute atomic E-state index is 10.9. The van der Waals surface area contributed by atoms with Crippen molar-refractivity contribution in [3.8, 4) is 11.5 Å². The first-order valence-corrected chi connectivity index (χ1v) is 9.18. The maximum atomic E-state index is 10.9. The number of hydrogen-bond acceptors (Lipinski definition) is 7. The third-order valence-corrected chi connectivity index (χ3v) is 5.60. The van der Waals surface area contributed by atoms with Crippen molar-refractivity contribution >= 4 is 11.4 Å². The minimum atomic E-state index is -1.29. The van der Waals surface area contributed by atoms with Crippen LogP contribution in [0.4, 0.5) is 11.4 Å². The number of nitrogens with zero attached hydrogens (tertiary/aromatic N) is 2. The summed E-state index contributed by atoms with van der Waals surface area (Å²) in [5.74, 6) is -1.89. The smallest absolute Gasteiger partial charge is 0.121 e. The number of benzene rings is 2. The van der Waals surface area contributed by atoms with Crippen LogP contribution >= 0.6 is 0 Å². The second-order valence-corrected chi connectivity index (χ2v) is 7.80. The van der Waals surface area contributed by atoms with Crippen LogP contribution in [0.2, 0.25) is 0 Å². The van der Waals surface area contributed by atoms with Crippen molar-refractivity contribution in [3.05, 3.63) is 47.5 Å². The van der Waals surface area contributed by atoms with Gasteiger partial charge in [0.05, 0.1) is 18.3 Å². The molecule has 1 fully saturated rings. The average Bonchev–Trinajstić information content (AvgIpc) is 2.84. The summed E-state index contributed by atoms with van der Waals surface area (Å²) in [7, 11) is 7.36. The summed E-state index contributed by atoms with van der Waals surface area (Å²) < 4.78 is 0. The van der Waals surface area contributed by atoms with E-state index in [2.05, 4.69) is 0 Å². The van der Waals surface area contributed by atoms with Crippen LogP contribution in [0.5, 0.6) is 11.5 Å². The molecule has 1 aliphatic carbocycles. The first-order chi connectivity index (χ1) is 13.1. The standard InChI is InChI=1S/C21H28N2O5/c1-22(2)11-5-7-13(15(24)9-11)17-19(26)18(21(28)20(17)27)14-8-6-12(23(3)4)10-16(14)25/h5-10,17-21,24-28H,1-4H3. The highest BCUT2D eigenvalue weighted by Crippen LogP contribution is 2.49. The Bertz CT molecular complexity index is 785. The van der Waals surface area contributed by atoms with E-state index < -0.39 is 30.1 Å². The van der Waals surface area contributed by atoms with Crippen molar-refractivity contribution < 1.29 is 25.5 Å². The molecule has 0 saturated heterocycles. The molecule has 1 aliphatic rings. The van der Waals surface area contributed by atoms with Gasteiger partial charge in [-0.25, -0.2) is 0 Å². The lowest BCUT2D eigenvalue weighted by Gasteiger charge is -2.23. The van der Waals surface area contributed by atoms with Crippen LogP contribution in [0, 0.1) is 0 Å². The van der Waals surface area contributed by atoms with Crippen LogP contribution in [0.3, 0.4) is 0 Å². The van der Waals surface area contributed by atoms with Gasteiger partial charge in [0.25, 0.3) is 0 Å². The van der Waals surface area contributed by atoms with Gasteiger partial charge in [0.15, 0.2) is 0 Å². The van der Waals surface area contributed by atoms with E-state index in [9.17, 15) is 25.5 Å². The Kier molecular flexibility index (Phi) is 5.43. The number of phenolic OH excluding ortho intramolecular Hbond substituents is 2. The van der Waals surface area contributed by atoms with Gasteiger partial charge < -0.3 is 35.3 Å². The molecule has 7 nitrogen and oxygen atoms in total. The highest BCUT2D eigenvalue weighted by Gasteiger charge is 2.51. The van der Waals surface area contributed by atoms with Crippen LogP contribution in [-0.4, -0.2) is 72.0 Å². The Balaban J connectivity index is 1.98. The first-order valence-electron chi connectivity index (χ1n) is 9.18. The summed E-state index contributed by atoms with van der Waals surface area (Å²) in [6.07, 6.45) is -3.76. The Labute approximate surface area is 164 Å². The minimum Gasteiger partial charge on any atom is -0.508 e. The van der Waals surface area contributed by atoms with Crippen LogP contribution in [0.1, 0.15) is 23.0 Å². The van der Waals surface area contributed by atoms with E-state index in [0.29, 0.717) is 11.1 Å². The molecule has 2 aromatic rings. The molecule has 0 heterocycles. The second kappa shape index (κ2) is 7.50. The lowest BCUT2D eigenvalue weighted by molar-refractivity contribution is 0.0271. The van der Waals surface area contributed by atoms with Crippen molar-refractivity contribution in [1.29, 1.82) is 0 Å². The molecule has 152 valence electrons. The molecule has 0 bridgehead atoms. The molecular weight excluding hydrogens is 360 g/mol. The zero-order valence-corrected chi connectivity index (χ0v) is 16.5. The Hall–Kier alpha value is -2.48. The number of rotatable bonds is 4. The van der Waals surface area contributed by atoms with Gasteiger partial charge in [-0.05, 0) is 12.1 Å². The number of hydrogen-bond donors (Lipinski definition) is 5. The van der Waals surface area contributed by atoms with E-state index in [1.54, 1.807) is 36.4 Å². The average molecular weight is 388 g/mol. The largest absolute Gasteiger partial charge is 0.508 e. The second-order valence-electron chi connectivity index (χ2n) is 7.80. The summed E-state index contributed by atoms with van der Waals surface area (Å²) in [6, 6.07) is 9.95. The third-order valence-electron chi connectivity index (χ3n) is 5.60. The van der Waals surface area contributed by atoms with Gasteiger partial charge >= 0.3 is 0 Å². The number of aliphatic hydroxyl groups is 3. The van der Waals surface area contributed by atoms with Gasteiger partial charge in [-0.2, -0.15) is 0 Å². The maximum Gasteiger partial charge on any atom is 0.121 e. The molecule has 0 aromatic heterocycles. The fourth-order valence-electron chi connectivity index (χ4n) is 3.97. The topological polar surface area (TPSA) is 108 Å². The van der Waals surface area contributed by atoms with Crippen molar-refractivity contribution in [1.82, 2.24) is 0 Å². The Morgan fingerprint density at radius 2 is 0.964 bits per heavy atom. The highest BCUT2D eigenvalue weighted by molar-refractivity contribution is 5.56. The molecule has 1 saturated carbocycles. The van der Waals surface area contributed by atoms with Crippen LogP contribution in [0.25, 0.3) is 0 Å². The van der Waals surface area contributed by atoms with E-state index in [1.165, 1.54) is 0 Å². The monoisotopic (exact) mass is 388 g/mol. The van der Waals surface area contributed by atoms with Gasteiger partial charge in [-0.15, -0.1) is 0 Å². The molecule has 3 rings (SSSR count). The minimum absolute atomic E-state index is 0.0608. The van der Waals surface area contributed by atoms with E-state index in [-0.39, 0.29) is 11.5 Å². The van der Waals surface area contributed by atoms with Crippen molar-refractivity contribution in [2.45, 2.75) is 30.1 Å². The van der Waals surface area contributed by atoms with E-state index >= 15 is 0 Å². The van der Waals surface area contributed by atoms with Crippen molar-refractivity contribution in [2.75, 3.05) is 38.0 Å². The molecule has 7 heteroatoms. The van der Waals surface area contributed by atoms with Crippen LogP contribution < -0.4 is 9.80 Å². The molecule has 0 radical (unpaired) electrons. The summed E-state index contributed by atoms with van der Waals surface area (Å²) in [5, 5.41) is 53.1. The molecule has 4 atom stereocenters. The number of aromatic hydroxyl groups is 2. The van der Waals surface area contributed by atoms with Gasteiger partial charge in [-0.3, -0.25) is 0 Å². The number of aliphatic hydroxyl groups excluding tert-OH is 3. The van der Waals surface area contributed by atoms with Crippen molar-refractivity contribution in [2.24, 2.45) is 0 Å². The highest BCUT2D eigenvalue weighted by atomic mass is 16.3. The molecule has 4 unspecified atom stereocenters. The lowest BCUT2D eigenvalue weighted by Crippen LogP contribution is -2.26. The van der Waals surface area contributed by atoms with E-state index in [4.69, 9.17) is 0 Å². The zero-order valence-electron chi connectivity index (χ0n) is 16.5. The molecule has 2 aromatic carbocycles. The lowest BCUT2D eigenvalue weighted by atomic mass is 9.88. The Morgan fingerprint density at radius 1 is 0.607 bits per heavy atom. The normalized spacial score (nSPS) is 27.0. The summed E-state index contributed by atoms with van der Waals surface area (Å²) >= 11 is 0. The molecule has 0 aliphatic heterocycles. The van der Waals surface area contributed by atoms with Gasteiger partial charge in [-0.1, -0.05) is 12.1 Å². The quantitative estimate of drug-likeness (QED) is 0.536. The fraction of sp³-hybridized carbons (Fsp3) is 0.429. The number of phenols is 2. The van der Waals surface area contributed by atoms with Gasteiger partial charge in [0.2, 0.25) is 0 Å². The predicted molar refractivity (Wildman–Crippen MR) is 108 cm³/mol. The number of anilines is 2. The zero-order chi connectivity index (χ0) is 20.7. The molecular formula is C21H28N2O5. The van der Waals surface area contributed by atoms with Crippen molar-refractivity contribution in [3.63, 3.8) is 0 Å². The molecule has 5 N–H and O–H groups in total. The summed E-state index contributed by atoms with van der Waals surface area (Å²) in [4.78, 5) is 3.65. The predicted octanol–water partition coefficient (Wildman–Crippen LogP) is 1.19. The van der Waals surface area contributed by atoms with E-state index in [1.807, 2.05) is 38.0 Å². The summed E-state index contributed by atoms with van der Waals surface area (Å²) in [5.41, 5.74) is 2.27. The van der Waals surface area contributed by atoms with Crippen LogP contribution in [0.15, 0.2) is 36.4 Å². The first kappa shape index (κ1) is 20.3. The van der Waals surface area contributed by atoms with E-state index in [0.717, 1.165) is 11.4 Å². The molecule has 28 heavy (non-hydrogen) atoms. The van der Waals surface area contributed by atoms with Crippen LogP contribution in [-0.2, 0) is 0 Å². The fourth-order valence-corrected chi connectivity index (χ4v) is 3.97. The SMILES string of the molecule is CN(C)c1ccc(C2C(O)C(O)C(c3ccc(N(C)C)cc3O)C2O)c(O)c1. The third kappa shape index (κ3) is 3.37.